The van der Waals surface area contributed by atoms with Crippen LogP contribution < -0.4 is 0 Å². The average Bonchev–Trinajstić information content (AvgIpc) is 3.10. The summed E-state index contributed by atoms with van der Waals surface area (Å²) in [5, 5.41) is 12.7. The fourth-order valence-corrected chi connectivity index (χ4v) is 7.10. The predicted octanol–water partition coefficient (Wildman–Crippen LogP) is 12.5. The molecule has 9 aromatic rings. The Morgan fingerprint density at radius 3 is 1.36 bits per heavy atom. The molecule has 0 aliphatic rings. The van der Waals surface area contributed by atoms with Gasteiger partial charge in [0.25, 0.3) is 0 Å². The van der Waals surface area contributed by atoms with Gasteiger partial charge in [-0.25, -0.2) is 0 Å². The van der Waals surface area contributed by atoms with E-state index < -0.39 is 0 Å². The maximum Gasteiger partial charge on any atom is -0.00141 e. The van der Waals surface area contributed by atoms with Crippen molar-refractivity contribution in [3.8, 4) is 33.4 Å². The topological polar surface area (TPSA) is 0 Å². The molecule has 0 saturated carbocycles. The molecule has 0 saturated heterocycles. The van der Waals surface area contributed by atoms with Crippen LogP contribution in [0, 0.1) is 0 Å². The van der Waals surface area contributed by atoms with E-state index in [4.69, 9.17) is 0 Å². The normalized spacial score (nSPS) is 11.6. The first kappa shape index (κ1) is 24.8. The largest absolute Gasteiger partial charge is 0.0616 e. The molecule has 0 nitrogen and oxygen atoms in total. The molecule has 0 aliphatic carbocycles. The van der Waals surface area contributed by atoms with Crippen LogP contribution in [0.4, 0.5) is 0 Å². The molecule has 0 amide bonds. The third kappa shape index (κ3) is 3.92. The maximum atomic E-state index is 2.36. The molecule has 9 rings (SSSR count). The van der Waals surface area contributed by atoms with Crippen LogP contribution in [-0.4, -0.2) is 0 Å². The summed E-state index contributed by atoms with van der Waals surface area (Å²) in [5.41, 5.74) is 7.54. The van der Waals surface area contributed by atoms with Gasteiger partial charge in [0.05, 0.1) is 0 Å². The van der Waals surface area contributed by atoms with Crippen molar-refractivity contribution in [3.05, 3.63) is 170 Å². The predicted molar refractivity (Wildman–Crippen MR) is 190 cm³/mol. The van der Waals surface area contributed by atoms with Crippen molar-refractivity contribution in [2.24, 2.45) is 0 Å². The van der Waals surface area contributed by atoms with E-state index in [0.717, 1.165) is 0 Å². The van der Waals surface area contributed by atoms with E-state index in [-0.39, 0.29) is 0 Å². The third-order valence-electron chi connectivity index (χ3n) is 9.21. The van der Waals surface area contributed by atoms with Crippen molar-refractivity contribution >= 4 is 53.9 Å². The second kappa shape index (κ2) is 9.93. The standard InChI is InChI=1S/C44H28/c1-3-12-34-27-36(23-19-29(34)9-1)31-17-21-33(22-18-31)42-39-15-7-8-16-40(39)43(37-24-20-30-10-2-4-13-35(30)28-37)44-38-14-6-5-11-32(38)25-26-41(42)44/h1-28H. The first-order valence-electron chi connectivity index (χ1n) is 15.3. The Morgan fingerprint density at radius 1 is 0.227 bits per heavy atom. The highest BCUT2D eigenvalue weighted by Gasteiger charge is 2.19. The van der Waals surface area contributed by atoms with Crippen LogP contribution in [-0.2, 0) is 0 Å². The van der Waals surface area contributed by atoms with Crippen LogP contribution in [0.3, 0.4) is 0 Å². The number of hydrogen-bond donors (Lipinski definition) is 0. The third-order valence-corrected chi connectivity index (χ3v) is 9.21. The molecular weight excluding hydrogens is 528 g/mol. The molecule has 0 heteroatoms. The molecule has 0 bridgehead atoms. The van der Waals surface area contributed by atoms with Crippen molar-refractivity contribution < 1.29 is 0 Å². The lowest BCUT2D eigenvalue weighted by Gasteiger charge is -2.20. The molecule has 0 atom stereocenters. The zero-order valence-electron chi connectivity index (χ0n) is 24.2. The summed E-state index contributed by atoms with van der Waals surface area (Å²) < 4.78 is 0. The molecule has 0 N–H and O–H groups in total. The highest BCUT2D eigenvalue weighted by molar-refractivity contribution is 6.28. The van der Waals surface area contributed by atoms with Gasteiger partial charge in [-0.15, -0.1) is 0 Å². The second-order valence-electron chi connectivity index (χ2n) is 11.7. The molecule has 0 spiro atoms. The highest BCUT2D eigenvalue weighted by atomic mass is 14.2. The minimum Gasteiger partial charge on any atom is -0.0616 e. The van der Waals surface area contributed by atoms with Gasteiger partial charge in [-0.3, -0.25) is 0 Å². The summed E-state index contributed by atoms with van der Waals surface area (Å²) in [4.78, 5) is 0. The van der Waals surface area contributed by atoms with Crippen molar-refractivity contribution in [2.75, 3.05) is 0 Å². The summed E-state index contributed by atoms with van der Waals surface area (Å²) in [7, 11) is 0. The molecular formula is C44H28. The molecule has 0 heterocycles. The van der Waals surface area contributed by atoms with Crippen molar-refractivity contribution in [3.63, 3.8) is 0 Å². The van der Waals surface area contributed by atoms with Crippen LogP contribution in [0.2, 0.25) is 0 Å². The monoisotopic (exact) mass is 556 g/mol. The Hall–Kier alpha value is -5.72. The van der Waals surface area contributed by atoms with Gasteiger partial charge in [0.1, 0.15) is 0 Å². The minimum atomic E-state index is 1.23. The van der Waals surface area contributed by atoms with Gasteiger partial charge in [0.2, 0.25) is 0 Å². The van der Waals surface area contributed by atoms with Crippen LogP contribution in [0.1, 0.15) is 0 Å². The van der Waals surface area contributed by atoms with E-state index >= 15 is 0 Å². The van der Waals surface area contributed by atoms with E-state index in [2.05, 4.69) is 170 Å². The fraction of sp³-hybridized carbons (Fsp3) is 0. The lowest BCUT2D eigenvalue weighted by molar-refractivity contribution is 1.63. The van der Waals surface area contributed by atoms with Gasteiger partial charge < -0.3 is 0 Å². The molecule has 0 radical (unpaired) electrons. The smallest absolute Gasteiger partial charge is 0.00141 e. The maximum absolute atomic E-state index is 2.36. The molecule has 0 fully saturated rings. The van der Waals surface area contributed by atoms with Crippen molar-refractivity contribution in [2.45, 2.75) is 0 Å². The Kier molecular flexibility index (Phi) is 5.61. The zero-order valence-corrected chi connectivity index (χ0v) is 24.2. The van der Waals surface area contributed by atoms with Crippen LogP contribution in [0.25, 0.3) is 87.2 Å². The van der Waals surface area contributed by atoms with Crippen molar-refractivity contribution in [1.82, 2.24) is 0 Å². The number of hydrogen-bond acceptors (Lipinski definition) is 0. The van der Waals surface area contributed by atoms with E-state index in [0.29, 0.717) is 0 Å². The minimum absolute atomic E-state index is 1.23. The summed E-state index contributed by atoms with van der Waals surface area (Å²) in [6.45, 7) is 0. The molecule has 0 aliphatic heterocycles. The Labute approximate surface area is 256 Å². The molecule has 44 heavy (non-hydrogen) atoms. The highest BCUT2D eigenvalue weighted by Crippen LogP contribution is 2.46. The Balaban J connectivity index is 1.32. The number of benzene rings is 9. The van der Waals surface area contributed by atoms with Crippen LogP contribution in [0.5, 0.6) is 0 Å². The lowest BCUT2D eigenvalue weighted by Crippen LogP contribution is -1.92. The van der Waals surface area contributed by atoms with E-state index in [1.807, 2.05) is 0 Å². The fourth-order valence-electron chi connectivity index (χ4n) is 7.10. The van der Waals surface area contributed by atoms with Gasteiger partial charge in [0.15, 0.2) is 0 Å². The van der Waals surface area contributed by atoms with Gasteiger partial charge in [-0.05, 0) is 99.4 Å². The summed E-state index contributed by atoms with van der Waals surface area (Å²) in [5.74, 6) is 0. The average molecular weight is 557 g/mol. The van der Waals surface area contributed by atoms with Crippen molar-refractivity contribution in [1.29, 1.82) is 0 Å². The number of fused-ring (bicyclic) bond motifs is 6. The zero-order chi connectivity index (χ0) is 29.0. The first-order valence-corrected chi connectivity index (χ1v) is 15.3. The van der Waals surface area contributed by atoms with Gasteiger partial charge in [-0.1, -0.05) is 158 Å². The summed E-state index contributed by atoms with van der Waals surface area (Å²) in [6.07, 6.45) is 0. The second-order valence-corrected chi connectivity index (χ2v) is 11.7. The SMILES string of the molecule is c1ccc2cc(-c3ccc(-c4c5ccccc5c(-c5ccc6ccccc6c5)c5c4ccc4ccccc45)cc3)ccc2c1. The molecule has 0 aromatic heterocycles. The summed E-state index contributed by atoms with van der Waals surface area (Å²) in [6, 6.07) is 62.4. The Bertz CT molecular complexity index is 2530. The number of rotatable bonds is 3. The van der Waals surface area contributed by atoms with E-state index in [1.165, 1.54) is 87.2 Å². The molecule has 204 valence electrons. The quantitative estimate of drug-likeness (QED) is 0.150. The Morgan fingerprint density at radius 2 is 0.682 bits per heavy atom. The van der Waals surface area contributed by atoms with Crippen LogP contribution >= 0.6 is 0 Å². The van der Waals surface area contributed by atoms with E-state index in [9.17, 15) is 0 Å². The summed E-state index contributed by atoms with van der Waals surface area (Å²) >= 11 is 0. The van der Waals surface area contributed by atoms with E-state index in [1.54, 1.807) is 0 Å². The first-order chi connectivity index (χ1) is 21.8. The van der Waals surface area contributed by atoms with Crippen LogP contribution in [0.15, 0.2) is 170 Å². The van der Waals surface area contributed by atoms with Gasteiger partial charge >= 0.3 is 0 Å². The van der Waals surface area contributed by atoms with Gasteiger partial charge in [0, 0.05) is 0 Å². The van der Waals surface area contributed by atoms with Gasteiger partial charge in [-0.2, -0.15) is 0 Å². The lowest BCUT2D eigenvalue weighted by atomic mass is 9.83. The molecule has 9 aromatic carbocycles. The molecule has 0 unspecified atom stereocenters.